The molecule has 0 heterocycles. The lowest BCUT2D eigenvalue weighted by Crippen LogP contribution is -2.36. The Morgan fingerprint density at radius 3 is 2.60 bits per heavy atom. The van der Waals surface area contributed by atoms with Gasteiger partial charge in [-0.2, -0.15) is 0 Å². The molecule has 3 N–H and O–H groups in total. The highest BCUT2D eigenvalue weighted by molar-refractivity contribution is 5.87. The van der Waals surface area contributed by atoms with Crippen LogP contribution >= 0.6 is 0 Å². The van der Waals surface area contributed by atoms with Gasteiger partial charge in [-0.1, -0.05) is 18.2 Å². The van der Waals surface area contributed by atoms with Crippen LogP contribution in [0.3, 0.4) is 0 Å². The average molecular weight is 280 g/mol. The Labute approximate surface area is 118 Å². The second-order valence-corrected chi connectivity index (χ2v) is 4.76. The number of hydrogen-bond acceptors (Lipinski definition) is 5. The van der Waals surface area contributed by atoms with Crippen LogP contribution in [0.15, 0.2) is 29.8 Å². The van der Waals surface area contributed by atoms with Crippen LogP contribution in [0, 0.1) is 6.92 Å². The van der Waals surface area contributed by atoms with E-state index in [2.05, 4.69) is 0 Å². The highest BCUT2D eigenvalue weighted by Gasteiger charge is 2.33. The number of aliphatic hydroxyl groups is 2. The number of rotatable bonds is 5. The number of esters is 1. The van der Waals surface area contributed by atoms with E-state index in [1.807, 2.05) is 0 Å². The molecule has 0 fully saturated rings. The van der Waals surface area contributed by atoms with Crippen molar-refractivity contribution in [1.82, 2.24) is 0 Å². The third kappa shape index (κ3) is 3.59. The first kappa shape index (κ1) is 16.2. The summed E-state index contributed by atoms with van der Waals surface area (Å²) >= 11 is 0. The summed E-state index contributed by atoms with van der Waals surface area (Å²) in [5.41, 5.74) is -0.496. The van der Waals surface area contributed by atoms with E-state index in [0.717, 1.165) is 5.56 Å². The van der Waals surface area contributed by atoms with Crippen LogP contribution < -0.4 is 0 Å². The SMILES string of the molecule is C/C=C(/C)C(=O)OCC(O)(CO)c1ccc(C)cc1O. The monoisotopic (exact) mass is 280 g/mol. The number of aliphatic hydroxyl groups excluding tert-OH is 1. The van der Waals surface area contributed by atoms with Crippen LogP contribution in [0.5, 0.6) is 5.75 Å². The van der Waals surface area contributed by atoms with Crippen molar-refractivity contribution in [2.45, 2.75) is 26.4 Å². The minimum absolute atomic E-state index is 0.122. The van der Waals surface area contributed by atoms with E-state index >= 15 is 0 Å². The topological polar surface area (TPSA) is 87.0 Å². The normalized spacial score (nSPS) is 14.8. The van der Waals surface area contributed by atoms with E-state index < -0.39 is 24.8 Å². The fourth-order valence-electron chi connectivity index (χ4n) is 1.66. The maximum atomic E-state index is 11.6. The van der Waals surface area contributed by atoms with Crippen molar-refractivity contribution in [2.24, 2.45) is 0 Å². The first-order chi connectivity index (χ1) is 9.34. The predicted octanol–water partition coefficient (Wildman–Crippen LogP) is 1.39. The third-order valence-corrected chi connectivity index (χ3v) is 3.11. The molecule has 0 aromatic heterocycles. The van der Waals surface area contributed by atoms with Crippen molar-refractivity contribution in [3.8, 4) is 5.75 Å². The summed E-state index contributed by atoms with van der Waals surface area (Å²) in [5.74, 6) is -0.730. The fraction of sp³-hybridized carbons (Fsp3) is 0.400. The summed E-state index contributed by atoms with van der Waals surface area (Å²) in [5, 5.41) is 29.6. The molecule has 0 aliphatic heterocycles. The molecular formula is C15H20O5. The molecule has 5 heteroatoms. The molecule has 1 aromatic carbocycles. The third-order valence-electron chi connectivity index (χ3n) is 3.11. The summed E-state index contributed by atoms with van der Waals surface area (Å²) in [6.07, 6.45) is 1.59. The number of phenolic OH excluding ortho intramolecular Hbond substituents is 1. The first-order valence-corrected chi connectivity index (χ1v) is 6.27. The van der Waals surface area contributed by atoms with Crippen LogP contribution in [-0.2, 0) is 15.1 Å². The van der Waals surface area contributed by atoms with Crippen LogP contribution in [0.1, 0.15) is 25.0 Å². The second kappa shape index (κ2) is 6.54. The molecule has 0 saturated carbocycles. The fourth-order valence-corrected chi connectivity index (χ4v) is 1.66. The Morgan fingerprint density at radius 1 is 1.45 bits per heavy atom. The van der Waals surface area contributed by atoms with Gasteiger partial charge in [-0.25, -0.2) is 4.79 Å². The van der Waals surface area contributed by atoms with Crippen LogP contribution in [0.25, 0.3) is 0 Å². The van der Waals surface area contributed by atoms with Gasteiger partial charge in [0.2, 0.25) is 0 Å². The van der Waals surface area contributed by atoms with Gasteiger partial charge in [0.1, 0.15) is 18.0 Å². The number of aromatic hydroxyl groups is 1. The Morgan fingerprint density at radius 2 is 2.10 bits per heavy atom. The number of carbonyl (C=O) groups excluding carboxylic acids is 1. The van der Waals surface area contributed by atoms with Gasteiger partial charge in [0.15, 0.2) is 0 Å². The van der Waals surface area contributed by atoms with Crippen molar-refractivity contribution < 1.29 is 24.9 Å². The molecule has 1 atom stereocenters. The molecule has 1 aromatic rings. The zero-order chi connectivity index (χ0) is 15.3. The van der Waals surface area contributed by atoms with E-state index in [0.29, 0.717) is 5.57 Å². The molecule has 0 aliphatic rings. The van der Waals surface area contributed by atoms with Crippen LogP contribution in [0.4, 0.5) is 0 Å². The van der Waals surface area contributed by atoms with E-state index in [1.165, 1.54) is 12.1 Å². The van der Waals surface area contributed by atoms with Crippen molar-refractivity contribution >= 4 is 5.97 Å². The smallest absolute Gasteiger partial charge is 0.333 e. The largest absolute Gasteiger partial charge is 0.508 e. The summed E-state index contributed by atoms with van der Waals surface area (Å²) in [7, 11) is 0. The lowest BCUT2D eigenvalue weighted by atomic mass is 9.93. The van der Waals surface area contributed by atoms with Crippen molar-refractivity contribution in [2.75, 3.05) is 13.2 Å². The lowest BCUT2D eigenvalue weighted by Gasteiger charge is -2.26. The van der Waals surface area contributed by atoms with Gasteiger partial charge in [0.25, 0.3) is 0 Å². The molecule has 1 unspecified atom stereocenters. The highest BCUT2D eigenvalue weighted by atomic mass is 16.5. The standard InChI is InChI=1S/C15H20O5/c1-4-11(3)14(18)20-9-15(19,8-16)12-6-5-10(2)7-13(12)17/h4-7,16-17,19H,8-9H2,1-3H3/b11-4-. The lowest BCUT2D eigenvalue weighted by molar-refractivity contribution is -0.150. The number of benzene rings is 1. The maximum absolute atomic E-state index is 11.6. The zero-order valence-electron chi connectivity index (χ0n) is 11.9. The number of phenols is 1. The number of ether oxygens (including phenoxy) is 1. The highest BCUT2D eigenvalue weighted by Crippen LogP contribution is 2.30. The van der Waals surface area contributed by atoms with E-state index in [9.17, 15) is 20.1 Å². The molecule has 20 heavy (non-hydrogen) atoms. The molecule has 0 spiro atoms. The van der Waals surface area contributed by atoms with Gasteiger partial charge in [-0.3, -0.25) is 0 Å². The van der Waals surface area contributed by atoms with Gasteiger partial charge in [-0.05, 0) is 32.4 Å². The van der Waals surface area contributed by atoms with Crippen molar-refractivity contribution in [1.29, 1.82) is 0 Å². The maximum Gasteiger partial charge on any atom is 0.333 e. The number of carbonyl (C=O) groups is 1. The first-order valence-electron chi connectivity index (χ1n) is 6.27. The van der Waals surface area contributed by atoms with Crippen molar-refractivity contribution in [3.63, 3.8) is 0 Å². The molecule has 0 amide bonds. The molecule has 0 saturated heterocycles. The second-order valence-electron chi connectivity index (χ2n) is 4.76. The molecule has 1 rings (SSSR count). The summed E-state index contributed by atoms with van der Waals surface area (Å²) in [6, 6.07) is 4.65. The zero-order valence-corrected chi connectivity index (χ0v) is 11.9. The van der Waals surface area contributed by atoms with E-state index in [1.54, 1.807) is 32.9 Å². The quantitative estimate of drug-likeness (QED) is 0.560. The van der Waals surface area contributed by atoms with E-state index in [4.69, 9.17) is 4.74 Å². The van der Waals surface area contributed by atoms with Gasteiger partial charge in [-0.15, -0.1) is 0 Å². The van der Waals surface area contributed by atoms with Gasteiger partial charge >= 0.3 is 5.97 Å². The minimum Gasteiger partial charge on any atom is -0.508 e. The molecule has 0 radical (unpaired) electrons. The molecular weight excluding hydrogens is 260 g/mol. The van der Waals surface area contributed by atoms with Crippen LogP contribution in [-0.4, -0.2) is 34.5 Å². The Bertz CT molecular complexity index is 521. The average Bonchev–Trinajstić information content (AvgIpc) is 2.43. The Balaban J connectivity index is 2.94. The number of hydrogen-bond donors (Lipinski definition) is 3. The summed E-state index contributed by atoms with van der Waals surface area (Å²) < 4.78 is 4.96. The Kier molecular flexibility index (Phi) is 5.30. The number of allylic oxidation sites excluding steroid dienone is 1. The van der Waals surface area contributed by atoms with Crippen molar-refractivity contribution in [3.05, 3.63) is 41.0 Å². The molecule has 5 nitrogen and oxygen atoms in total. The van der Waals surface area contributed by atoms with Gasteiger partial charge in [0.05, 0.1) is 6.61 Å². The molecule has 0 aliphatic carbocycles. The van der Waals surface area contributed by atoms with Gasteiger partial charge in [0, 0.05) is 11.1 Å². The molecule has 110 valence electrons. The van der Waals surface area contributed by atoms with E-state index in [-0.39, 0.29) is 11.3 Å². The van der Waals surface area contributed by atoms with Gasteiger partial charge < -0.3 is 20.1 Å². The Hall–Kier alpha value is -1.85. The summed E-state index contributed by atoms with van der Waals surface area (Å²) in [6.45, 7) is 3.96. The predicted molar refractivity (Wildman–Crippen MR) is 74.2 cm³/mol. The minimum atomic E-state index is -1.83. The summed E-state index contributed by atoms with van der Waals surface area (Å²) in [4.78, 5) is 11.6. The number of aryl methyl sites for hydroxylation is 1. The molecule has 0 bridgehead atoms. The van der Waals surface area contributed by atoms with Crippen LogP contribution in [0.2, 0.25) is 0 Å².